The second kappa shape index (κ2) is 6.33. The first-order valence-electron chi connectivity index (χ1n) is 9.79. The van der Waals surface area contributed by atoms with E-state index in [-0.39, 0.29) is 10.7 Å². The van der Waals surface area contributed by atoms with Crippen LogP contribution < -0.4 is 4.90 Å². The molecule has 3 aromatic rings. The van der Waals surface area contributed by atoms with Gasteiger partial charge in [-0.25, -0.2) is 4.90 Å². The van der Waals surface area contributed by atoms with E-state index < -0.39 is 35.2 Å². The van der Waals surface area contributed by atoms with E-state index in [4.69, 9.17) is 34.8 Å². The molecule has 1 N–H and O–H groups in total. The Labute approximate surface area is 193 Å². The van der Waals surface area contributed by atoms with Gasteiger partial charge in [-0.05, 0) is 41.0 Å². The monoisotopic (exact) mass is 469 g/mol. The molecule has 1 fully saturated rings. The number of nitrogens with zero attached hydrogens (tertiary/aromatic N) is 1. The van der Waals surface area contributed by atoms with Crippen molar-refractivity contribution in [2.24, 2.45) is 11.8 Å². The number of hydrogen-bond donors (Lipinski definition) is 1. The zero-order chi connectivity index (χ0) is 21.7. The van der Waals surface area contributed by atoms with Gasteiger partial charge in [-0.15, -0.1) is 0 Å². The fourth-order valence-electron chi connectivity index (χ4n) is 5.69. The Kier molecular flexibility index (Phi) is 3.95. The van der Waals surface area contributed by atoms with Gasteiger partial charge >= 0.3 is 0 Å². The Balaban J connectivity index is 1.65. The molecule has 4 nitrogen and oxygen atoms in total. The van der Waals surface area contributed by atoms with Gasteiger partial charge in [-0.2, -0.15) is 0 Å². The van der Waals surface area contributed by atoms with Gasteiger partial charge in [0, 0.05) is 21.5 Å². The van der Waals surface area contributed by atoms with Gasteiger partial charge < -0.3 is 5.11 Å². The van der Waals surface area contributed by atoms with Crippen molar-refractivity contribution in [1.29, 1.82) is 0 Å². The highest BCUT2D eigenvalue weighted by molar-refractivity contribution is 6.38. The van der Waals surface area contributed by atoms with E-state index in [0.29, 0.717) is 21.2 Å². The molecule has 1 aliphatic heterocycles. The van der Waals surface area contributed by atoms with Crippen LogP contribution >= 0.6 is 34.8 Å². The average Bonchev–Trinajstić information content (AvgIpc) is 3.02. The number of imide groups is 1. The van der Waals surface area contributed by atoms with Crippen LogP contribution in [0, 0.1) is 11.8 Å². The van der Waals surface area contributed by atoms with Gasteiger partial charge in [0.15, 0.2) is 0 Å². The lowest BCUT2D eigenvalue weighted by atomic mass is 9.52. The summed E-state index contributed by atoms with van der Waals surface area (Å²) in [5, 5.41) is 13.2. The molecule has 3 aromatic carbocycles. The summed E-state index contributed by atoms with van der Waals surface area (Å²) >= 11 is 19.0. The third-order valence-electron chi connectivity index (χ3n) is 6.78. The molecule has 1 heterocycles. The lowest BCUT2D eigenvalue weighted by Crippen LogP contribution is -2.53. The maximum atomic E-state index is 13.7. The molecule has 0 spiro atoms. The van der Waals surface area contributed by atoms with E-state index in [1.54, 1.807) is 30.3 Å². The van der Waals surface area contributed by atoms with Crippen LogP contribution in [0.3, 0.4) is 0 Å². The molecular formula is C24H14Cl3NO3. The highest BCUT2D eigenvalue weighted by Gasteiger charge is 2.68. The van der Waals surface area contributed by atoms with Crippen molar-refractivity contribution in [3.05, 3.63) is 98.0 Å². The topological polar surface area (TPSA) is 57.6 Å². The number of rotatable bonds is 1. The summed E-state index contributed by atoms with van der Waals surface area (Å²) in [4.78, 5) is 28.5. The normalized spacial score (nSPS) is 27.9. The van der Waals surface area contributed by atoms with Crippen LogP contribution in [-0.2, 0) is 15.2 Å². The Hall–Kier alpha value is -2.37. The van der Waals surface area contributed by atoms with Crippen LogP contribution in [0.4, 0.5) is 5.69 Å². The Morgan fingerprint density at radius 3 is 2.39 bits per heavy atom. The first kappa shape index (κ1) is 19.3. The van der Waals surface area contributed by atoms with E-state index in [1.807, 2.05) is 24.3 Å². The van der Waals surface area contributed by atoms with Crippen LogP contribution in [0.1, 0.15) is 28.2 Å². The molecule has 7 rings (SSSR count). The molecule has 2 bridgehead atoms. The standard InChI is InChI=1S/C24H14Cl3NO3/c25-11-8-9-15(26)17(10-11)28-22(29)19-18-12-4-1-2-6-14(12)24(31,21(19)23(28)30)20-13(18)5-3-7-16(20)27/h1-10,18-19,21,31H. The number of anilines is 1. The van der Waals surface area contributed by atoms with Crippen molar-refractivity contribution in [3.8, 4) is 0 Å². The fraction of sp³-hybridized carbons (Fsp3) is 0.167. The minimum atomic E-state index is -1.73. The van der Waals surface area contributed by atoms with Gasteiger partial charge in [0.05, 0.1) is 22.5 Å². The average molecular weight is 471 g/mol. The maximum Gasteiger partial charge on any atom is 0.241 e. The molecule has 0 aromatic heterocycles. The minimum Gasteiger partial charge on any atom is -0.379 e. The Morgan fingerprint density at radius 2 is 1.58 bits per heavy atom. The highest BCUT2D eigenvalue weighted by atomic mass is 35.5. The van der Waals surface area contributed by atoms with Crippen molar-refractivity contribution in [1.82, 2.24) is 0 Å². The zero-order valence-corrected chi connectivity index (χ0v) is 18.1. The van der Waals surface area contributed by atoms with Gasteiger partial charge in [-0.1, -0.05) is 71.2 Å². The third kappa shape index (κ3) is 2.26. The molecule has 0 radical (unpaired) electrons. The second-order valence-corrected chi connectivity index (χ2v) is 9.40. The van der Waals surface area contributed by atoms with Crippen LogP contribution in [-0.4, -0.2) is 16.9 Å². The number of benzene rings is 3. The molecule has 2 amide bonds. The van der Waals surface area contributed by atoms with Gasteiger partial charge in [0.1, 0.15) is 5.60 Å². The lowest BCUT2D eigenvalue weighted by Gasteiger charge is -2.51. The SMILES string of the molecule is O=C1C2C3c4ccccc4C(O)(c4c(Cl)cccc43)C2C(=O)N1c1cc(Cl)ccc1Cl. The van der Waals surface area contributed by atoms with Gasteiger partial charge in [-0.3, -0.25) is 9.59 Å². The number of carbonyl (C=O) groups excluding carboxylic acids is 2. The Bertz CT molecular complexity index is 1320. The van der Waals surface area contributed by atoms with Crippen LogP contribution in [0.15, 0.2) is 60.7 Å². The van der Waals surface area contributed by atoms with E-state index in [9.17, 15) is 14.7 Å². The van der Waals surface area contributed by atoms with Crippen LogP contribution in [0.2, 0.25) is 15.1 Å². The van der Waals surface area contributed by atoms with E-state index >= 15 is 0 Å². The van der Waals surface area contributed by atoms with Crippen molar-refractivity contribution < 1.29 is 14.7 Å². The highest BCUT2D eigenvalue weighted by Crippen LogP contribution is 2.64. The molecular weight excluding hydrogens is 457 g/mol. The molecule has 1 saturated heterocycles. The smallest absolute Gasteiger partial charge is 0.241 e. The summed E-state index contributed by atoms with van der Waals surface area (Å²) in [6.45, 7) is 0. The summed E-state index contributed by atoms with van der Waals surface area (Å²) in [5.41, 5.74) is 1.22. The number of carbonyl (C=O) groups is 2. The molecule has 4 unspecified atom stereocenters. The Morgan fingerprint density at radius 1 is 0.839 bits per heavy atom. The van der Waals surface area contributed by atoms with E-state index in [0.717, 1.165) is 16.0 Å². The molecule has 0 saturated carbocycles. The largest absolute Gasteiger partial charge is 0.379 e. The summed E-state index contributed by atoms with van der Waals surface area (Å²) in [6.07, 6.45) is 0. The predicted molar refractivity (Wildman–Crippen MR) is 119 cm³/mol. The van der Waals surface area contributed by atoms with E-state index in [2.05, 4.69) is 0 Å². The fourth-order valence-corrected chi connectivity index (χ4v) is 6.38. The van der Waals surface area contributed by atoms with Crippen LogP contribution in [0.25, 0.3) is 0 Å². The summed E-state index contributed by atoms with van der Waals surface area (Å²) < 4.78 is 0. The number of amides is 2. The van der Waals surface area contributed by atoms with Gasteiger partial charge in [0.25, 0.3) is 0 Å². The maximum absolute atomic E-state index is 13.7. The van der Waals surface area contributed by atoms with Crippen molar-refractivity contribution >= 4 is 52.3 Å². The minimum absolute atomic E-state index is 0.223. The zero-order valence-electron chi connectivity index (χ0n) is 15.9. The quantitative estimate of drug-likeness (QED) is 0.501. The van der Waals surface area contributed by atoms with Gasteiger partial charge in [0.2, 0.25) is 11.8 Å². The number of aliphatic hydroxyl groups is 1. The van der Waals surface area contributed by atoms with E-state index in [1.165, 1.54) is 6.07 Å². The number of halogens is 3. The lowest BCUT2D eigenvalue weighted by molar-refractivity contribution is -0.133. The molecule has 31 heavy (non-hydrogen) atoms. The summed E-state index contributed by atoms with van der Waals surface area (Å²) in [5.74, 6) is -3.09. The van der Waals surface area contributed by atoms with Crippen molar-refractivity contribution in [3.63, 3.8) is 0 Å². The third-order valence-corrected chi connectivity index (χ3v) is 7.65. The first-order valence-corrected chi connectivity index (χ1v) is 10.9. The molecule has 7 heteroatoms. The molecule has 4 atom stereocenters. The summed E-state index contributed by atoms with van der Waals surface area (Å²) in [6, 6.07) is 17.4. The second-order valence-electron chi connectivity index (χ2n) is 8.15. The predicted octanol–water partition coefficient (Wildman–Crippen LogP) is 5.15. The summed E-state index contributed by atoms with van der Waals surface area (Å²) in [7, 11) is 0. The molecule has 3 aliphatic carbocycles. The first-order chi connectivity index (χ1) is 14.9. The number of hydrogen-bond acceptors (Lipinski definition) is 3. The molecule has 154 valence electrons. The molecule has 4 aliphatic rings. The van der Waals surface area contributed by atoms with Crippen LogP contribution in [0.5, 0.6) is 0 Å². The van der Waals surface area contributed by atoms with Crippen molar-refractivity contribution in [2.45, 2.75) is 11.5 Å². The van der Waals surface area contributed by atoms with Crippen molar-refractivity contribution in [2.75, 3.05) is 4.90 Å².